The van der Waals surface area contributed by atoms with Gasteiger partial charge in [0.25, 0.3) is 0 Å². The molecule has 0 aromatic rings. The number of hydrogen-bond acceptors (Lipinski definition) is 60. The Morgan fingerprint density at radius 1 is 0.198 bits per heavy atom. The van der Waals surface area contributed by atoms with E-state index < -0.39 is 284 Å². The molecule has 0 unspecified atom stereocenters. The average molecular weight is 2010 g/mol. The van der Waals surface area contributed by atoms with Crippen LogP contribution in [0.5, 0.6) is 0 Å². The maximum absolute atomic E-state index is 12.2. The maximum Gasteiger partial charge on any atom is 1.00 e. The minimum absolute atomic E-state index is 0. The van der Waals surface area contributed by atoms with E-state index in [2.05, 4.69) is 59.1 Å². The van der Waals surface area contributed by atoms with E-state index in [0.29, 0.717) is 7.11 Å². The molecular formula is C25H31Na13O60S13. The molecule has 0 radical (unpaired) electrons. The Morgan fingerprint density at radius 2 is 0.333 bits per heavy atom. The fourth-order valence-electron chi connectivity index (χ4n) is 8.31. The fourth-order valence-corrected chi connectivity index (χ4v) is 14.5. The minimum Gasteiger partial charge on any atom is -0.726 e. The number of hydrogen-bond donors (Lipinski definition) is 0. The van der Waals surface area contributed by atoms with Gasteiger partial charge in [-0.3, -0.25) is 54.4 Å². The van der Waals surface area contributed by atoms with E-state index in [9.17, 15) is 169 Å². The first kappa shape index (κ1) is 142. The largest absolute Gasteiger partial charge is 1.00 e. The van der Waals surface area contributed by atoms with Gasteiger partial charge in [-0.2, -0.15) is 0 Å². The smallest absolute Gasteiger partial charge is 0.726 e. The molecule has 0 aromatic carbocycles. The van der Waals surface area contributed by atoms with Crippen molar-refractivity contribution in [2.24, 2.45) is 0 Å². The summed E-state index contributed by atoms with van der Waals surface area (Å²) in [6.45, 7) is -9.14. The van der Waals surface area contributed by atoms with E-state index in [1.54, 1.807) is 0 Å². The Bertz CT molecular complexity index is 4400. The van der Waals surface area contributed by atoms with E-state index in [-0.39, 0.29) is 384 Å². The van der Waals surface area contributed by atoms with Crippen LogP contribution in [0.1, 0.15) is 0 Å². The molecule has 0 amide bonds. The van der Waals surface area contributed by atoms with Crippen LogP contribution in [-0.2, 0) is 227 Å². The quantitative estimate of drug-likeness (QED) is 0.0317. The van der Waals surface area contributed by atoms with Gasteiger partial charge in [0.2, 0.25) is 135 Å². The van der Waals surface area contributed by atoms with Crippen molar-refractivity contribution < 1.29 is 645 Å². The van der Waals surface area contributed by atoms with Crippen LogP contribution in [0.25, 0.3) is 0 Å². The monoisotopic (exact) mass is 2010 g/mol. The molecule has 582 valence electrons. The Labute approximate surface area is 918 Å². The van der Waals surface area contributed by atoms with Crippen LogP contribution in [0.4, 0.5) is 0 Å². The maximum atomic E-state index is 12.2. The van der Waals surface area contributed by atoms with E-state index in [1.165, 1.54) is 0 Å². The van der Waals surface area contributed by atoms with E-state index in [0.717, 1.165) is 0 Å². The van der Waals surface area contributed by atoms with Gasteiger partial charge in [-0.1, -0.05) is 0 Å². The van der Waals surface area contributed by atoms with Crippen LogP contribution in [0.3, 0.4) is 0 Å². The van der Waals surface area contributed by atoms with E-state index in [4.69, 9.17) is 33.2 Å². The van der Waals surface area contributed by atoms with Crippen molar-refractivity contribution >= 4 is 135 Å². The normalized spacial score (nSPS) is 29.1. The van der Waals surface area contributed by atoms with Crippen LogP contribution < -0.4 is 384 Å². The molecule has 0 aliphatic carbocycles. The van der Waals surface area contributed by atoms with Gasteiger partial charge >= 0.3 is 384 Å². The van der Waals surface area contributed by atoms with Gasteiger partial charge in [0.15, 0.2) is 49.6 Å². The van der Waals surface area contributed by atoms with E-state index >= 15 is 0 Å². The molecule has 0 bridgehead atoms. The van der Waals surface area contributed by atoms with Crippen molar-refractivity contribution in [1.29, 1.82) is 0 Å². The first-order chi connectivity index (χ1) is 43.6. The summed E-state index contributed by atoms with van der Waals surface area (Å²) in [5.41, 5.74) is 0. The Kier molecular flexibility index (Phi) is 73.8. The van der Waals surface area contributed by atoms with Crippen molar-refractivity contribution in [3.8, 4) is 0 Å². The van der Waals surface area contributed by atoms with Crippen LogP contribution in [0.15, 0.2) is 0 Å². The molecule has 0 N–H and O–H groups in total. The molecule has 4 rings (SSSR count). The molecule has 4 aliphatic heterocycles. The van der Waals surface area contributed by atoms with Crippen molar-refractivity contribution in [1.82, 2.24) is 0 Å². The third-order valence-corrected chi connectivity index (χ3v) is 16.9. The predicted octanol–water partition coefficient (Wildman–Crippen LogP) is -54.7. The zero-order chi connectivity index (χ0) is 75.7. The molecule has 0 aromatic heterocycles. The molecule has 4 aliphatic rings. The van der Waals surface area contributed by atoms with Gasteiger partial charge in [-0.05, 0) is 0 Å². The fraction of sp³-hybridized carbons (Fsp3) is 1.00. The van der Waals surface area contributed by atoms with Gasteiger partial charge in [0.05, 0.1) is 26.4 Å². The van der Waals surface area contributed by atoms with Crippen LogP contribution >= 0.6 is 0 Å². The molecule has 4 fully saturated rings. The summed E-state index contributed by atoms with van der Waals surface area (Å²) in [6.07, 6.45) is -70.2. The SMILES string of the molecule is CO[C@H]1O[C@H](CO[C@@H]2O[C@H](CO[C@@H]3O[C@H](CO[C@@H]4O[C@H](COS(=O)(=O)[O-])[C@@H](OS(=O)(=O)[O-])[C@H](OS(=O)(=O)[O-])[C@H]4OS(=O)(=O)[O-])[C@@H](OS(=O)(=O)[O-])[C@H](OS(=O)(=O)[O-])[C@H]3OS(=O)(=O)[O-])[C@@H](OS(=O)(=O)[O-])[C@H](OS(=O)(=O)[O-])[C@H]2OS(=O)(=O)[O-])[C@@H](OS(=O)(=O)[O-])[C@H](OS(=O)(=O)[O-])[C@H]1OS(=O)(=O)[O-].[Na+].[Na+].[Na+].[Na+].[Na+].[Na+].[Na+].[Na+].[Na+].[Na+].[Na+].[Na+].[Na+]. The summed E-state index contributed by atoms with van der Waals surface area (Å²) in [6, 6.07) is 0. The molecule has 60 nitrogen and oxygen atoms in total. The molecule has 4 heterocycles. The first-order valence-corrected chi connectivity index (χ1v) is 40.2. The van der Waals surface area contributed by atoms with Gasteiger partial charge in [0, 0.05) is 7.11 Å². The zero-order valence-electron chi connectivity index (χ0n) is 58.2. The molecule has 20 atom stereocenters. The summed E-state index contributed by atoms with van der Waals surface area (Å²) in [5, 5.41) is 0. The summed E-state index contributed by atoms with van der Waals surface area (Å²) < 4.78 is 558. The van der Waals surface area contributed by atoms with Crippen molar-refractivity contribution in [2.75, 3.05) is 33.5 Å². The summed E-state index contributed by atoms with van der Waals surface area (Å²) >= 11 is 0. The topological polar surface area (TPSA) is 937 Å². The molecule has 0 saturated carbocycles. The summed E-state index contributed by atoms with van der Waals surface area (Å²) in [4.78, 5) is 0. The van der Waals surface area contributed by atoms with Crippen molar-refractivity contribution in [3.63, 3.8) is 0 Å². The summed E-state index contributed by atoms with van der Waals surface area (Å²) in [7, 11) is -85.9. The summed E-state index contributed by atoms with van der Waals surface area (Å²) in [5.74, 6) is 0. The second-order valence-electron chi connectivity index (χ2n) is 17.7. The number of ether oxygens (including phenoxy) is 8. The van der Waals surface area contributed by atoms with Gasteiger partial charge in [0.1, 0.15) is 73.2 Å². The Morgan fingerprint density at radius 3 is 0.486 bits per heavy atom. The Hall–Kier alpha value is 11.0. The Balaban J connectivity index is -0.000000981. The van der Waals surface area contributed by atoms with E-state index in [1.807, 2.05) is 0 Å². The van der Waals surface area contributed by atoms with Crippen LogP contribution in [0, 0.1) is 0 Å². The third kappa shape index (κ3) is 56.6. The number of methoxy groups -OCH3 is 1. The second-order valence-corrected chi connectivity index (χ2v) is 30.9. The number of rotatable bonds is 37. The molecule has 86 heteroatoms. The third-order valence-electron chi connectivity index (χ3n) is 11.0. The zero-order valence-corrected chi connectivity index (χ0v) is 94.8. The van der Waals surface area contributed by atoms with Crippen molar-refractivity contribution in [3.05, 3.63) is 0 Å². The first-order valence-electron chi connectivity index (χ1n) is 22.9. The molecule has 4 saturated heterocycles. The molecular weight excluding hydrogens is 1980 g/mol. The predicted molar refractivity (Wildman–Crippen MR) is 250 cm³/mol. The second kappa shape index (κ2) is 57.5. The van der Waals surface area contributed by atoms with Gasteiger partial charge in [-0.15, -0.1) is 0 Å². The van der Waals surface area contributed by atoms with Gasteiger partial charge < -0.3 is 97.1 Å². The minimum atomic E-state index is -6.87. The standard InChI is InChI=1S/C25H44O60S13.13Na/c1-65-22-18(82-95(53,54)55)14(78-91(41,42)43)10(74-87(29,30)31)6(70-22)2-66-23-19(83-96(56,57)58)15(79-92(44,45)46)11(75-88(32,33)34)7(71-23)3-67-24-20(84-97(59,60)61)16(80-93(47,48)49)12(76-89(35,36)37)8(72-24)4-68-25-21(85-98(62,63)64)17(81-94(50,51)52)13(77-90(38,39)40)9(73-25)5-69-86(26,27)28;;;;;;;;;;;;;/h6-25H,2-5H2,1H3,(H,26,27,28)(H,29,30,31)(H,32,33,34)(H,35,36,37)(H,38,39,40)(H,41,42,43)(H,44,45,46)(H,47,48,49)(H,50,51,52)(H,53,54,55)(H,56,57,58)(H,59,60,61)(H,62,63,64);;;;;;;;;;;;;/q;13*+1/p-13/t6-,7-,8-,9-,10-,11-,12-,13-,14+,15+,16+,17+,18-,19-,20-,21-,22+,23-,24-,25-;;;;;;;;;;;;;/m1............./s1. The average Bonchev–Trinajstić information content (AvgIpc) is 0.775. The van der Waals surface area contributed by atoms with Gasteiger partial charge in [-0.25, -0.2) is 109 Å². The van der Waals surface area contributed by atoms with Crippen LogP contribution in [-0.4, -0.2) is 325 Å². The van der Waals surface area contributed by atoms with Crippen LogP contribution in [0.2, 0.25) is 0 Å². The molecule has 111 heavy (non-hydrogen) atoms. The van der Waals surface area contributed by atoms with Crippen molar-refractivity contribution in [2.45, 2.75) is 123 Å². The molecule has 0 spiro atoms.